The summed E-state index contributed by atoms with van der Waals surface area (Å²) in [5, 5.41) is 2.84. The summed E-state index contributed by atoms with van der Waals surface area (Å²) in [5.74, 6) is 0.366. The highest BCUT2D eigenvalue weighted by Gasteiger charge is 2.38. The molecule has 2 fully saturated rings. The lowest BCUT2D eigenvalue weighted by molar-refractivity contribution is -0.139. The quantitative estimate of drug-likeness (QED) is 0.123. The largest absolute Gasteiger partial charge is 0.436 e. The first kappa shape index (κ1) is 39.2. The van der Waals surface area contributed by atoms with E-state index in [2.05, 4.69) is 15.3 Å². The number of rotatable bonds is 13. The second-order valence-corrected chi connectivity index (χ2v) is 15.5. The fraction of sp³-hybridized carbons (Fsp3) is 0.298. The second kappa shape index (κ2) is 17.0. The van der Waals surface area contributed by atoms with Crippen molar-refractivity contribution < 1.29 is 28.4 Å². The van der Waals surface area contributed by atoms with E-state index in [1.165, 1.54) is 13.8 Å². The van der Waals surface area contributed by atoms with Crippen LogP contribution in [0.25, 0.3) is 33.8 Å². The van der Waals surface area contributed by atoms with Crippen molar-refractivity contribution in [2.75, 3.05) is 13.1 Å². The first-order chi connectivity index (χ1) is 28.6. The number of carbonyl (C=O) groups is 5. The van der Waals surface area contributed by atoms with E-state index in [9.17, 15) is 24.0 Å². The van der Waals surface area contributed by atoms with Crippen LogP contribution >= 0.6 is 0 Å². The first-order valence-corrected chi connectivity index (χ1v) is 20.2. The Bertz CT molecular complexity index is 2490. The standard InChI is InChI=1S/C47H46N6O6/c1-29(54)25-36(32-11-5-3-6-12-32)46(57)52-23-9-15-39(52)41(56)26-31-17-19-34(20-18-31)45-48-28-42(59-45)35-21-22-37-38(27-35)51-44(50-37)40-16-10-24-53(40)47(58)43(49-30(2)55)33-13-7-4-8-14-33/h3-8,11-14,17-22,27-28,36,39-40,43H,9-10,15-16,23-26H2,1-2H3,(H,49,55)(H,50,51)/t36-,39+,40+,43-/m1/s1. The molecule has 0 saturated carbocycles. The van der Waals surface area contributed by atoms with Crippen LogP contribution in [0.5, 0.6) is 0 Å². The zero-order valence-corrected chi connectivity index (χ0v) is 33.1. The minimum atomic E-state index is -0.789. The highest BCUT2D eigenvalue weighted by Crippen LogP contribution is 2.35. The van der Waals surface area contributed by atoms with Crippen molar-refractivity contribution in [3.8, 4) is 22.8 Å². The van der Waals surface area contributed by atoms with Gasteiger partial charge in [-0.25, -0.2) is 9.97 Å². The molecular formula is C47H46N6O6. The van der Waals surface area contributed by atoms with Crippen molar-refractivity contribution in [1.29, 1.82) is 0 Å². The molecule has 4 aromatic carbocycles. The number of Topliss-reactive ketones (excluding diaryl/α,β-unsaturated/α-hetero) is 2. The molecule has 6 aromatic rings. The molecule has 2 aliphatic rings. The number of ketones is 2. The second-order valence-electron chi connectivity index (χ2n) is 15.5. The molecule has 2 aromatic heterocycles. The molecule has 2 aliphatic heterocycles. The Morgan fingerprint density at radius 2 is 1.47 bits per heavy atom. The summed E-state index contributed by atoms with van der Waals surface area (Å²) >= 11 is 0. The van der Waals surface area contributed by atoms with Crippen LogP contribution in [0, 0.1) is 0 Å². The number of fused-ring (bicyclic) bond motifs is 1. The predicted molar refractivity (Wildman–Crippen MR) is 222 cm³/mol. The Kier molecular flexibility index (Phi) is 11.3. The third-order valence-corrected chi connectivity index (χ3v) is 11.3. The average molecular weight is 791 g/mol. The monoisotopic (exact) mass is 790 g/mol. The van der Waals surface area contributed by atoms with E-state index in [-0.39, 0.29) is 48.2 Å². The molecule has 12 heteroatoms. The average Bonchev–Trinajstić information content (AvgIpc) is 4.09. The van der Waals surface area contributed by atoms with Gasteiger partial charge in [0.15, 0.2) is 11.5 Å². The summed E-state index contributed by atoms with van der Waals surface area (Å²) in [6, 6.07) is 30.3. The molecule has 0 aliphatic carbocycles. The SMILES string of the molecule is CC(=O)C[C@@H](C(=O)N1CCC[C@H]1C(=O)Cc1ccc(-c2ncc(-c3ccc4nc([C@@H]5CCCN5C(=O)[C@H](NC(C)=O)c5ccccc5)[nH]c4c3)o2)cc1)c1ccccc1. The number of hydrogen-bond donors (Lipinski definition) is 2. The molecule has 3 amide bonds. The molecule has 12 nitrogen and oxygen atoms in total. The Morgan fingerprint density at radius 3 is 2.19 bits per heavy atom. The minimum absolute atomic E-state index is 0.0254. The van der Waals surface area contributed by atoms with Gasteiger partial charge in [-0.05, 0) is 79.6 Å². The molecule has 8 rings (SSSR count). The van der Waals surface area contributed by atoms with Gasteiger partial charge >= 0.3 is 0 Å². The van der Waals surface area contributed by atoms with E-state index < -0.39 is 18.0 Å². The molecule has 4 heterocycles. The van der Waals surface area contributed by atoms with Gasteiger partial charge in [-0.3, -0.25) is 24.0 Å². The molecule has 0 radical (unpaired) electrons. The van der Waals surface area contributed by atoms with Crippen LogP contribution in [0.3, 0.4) is 0 Å². The van der Waals surface area contributed by atoms with Crippen LogP contribution in [-0.4, -0.2) is 73.2 Å². The van der Waals surface area contributed by atoms with Crippen LogP contribution < -0.4 is 5.32 Å². The summed E-state index contributed by atoms with van der Waals surface area (Å²) < 4.78 is 6.22. The number of aromatic amines is 1. The van der Waals surface area contributed by atoms with Crippen molar-refractivity contribution in [2.45, 2.75) is 76.4 Å². The van der Waals surface area contributed by atoms with Gasteiger partial charge in [-0.2, -0.15) is 0 Å². The molecule has 0 spiro atoms. The number of benzene rings is 4. The third-order valence-electron chi connectivity index (χ3n) is 11.3. The van der Waals surface area contributed by atoms with Crippen LogP contribution in [0.15, 0.2) is 114 Å². The zero-order valence-electron chi connectivity index (χ0n) is 33.1. The van der Waals surface area contributed by atoms with Crippen molar-refractivity contribution in [3.05, 3.63) is 132 Å². The Morgan fingerprint density at radius 1 is 0.797 bits per heavy atom. The predicted octanol–water partition coefficient (Wildman–Crippen LogP) is 7.29. The van der Waals surface area contributed by atoms with Gasteiger partial charge in [0.1, 0.15) is 17.6 Å². The van der Waals surface area contributed by atoms with Crippen molar-refractivity contribution in [2.24, 2.45) is 0 Å². The van der Waals surface area contributed by atoms with Gasteiger partial charge in [0.25, 0.3) is 0 Å². The summed E-state index contributed by atoms with van der Waals surface area (Å²) in [6.07, 6.45) is 4.85. The number of hydrogen-bond acceptors (Lipinski definition) is 8. The highest BCUT2D eigenvalue weighted by atomic mass is 16.4. The maximum absolute atomic E-state index is 13.9. The van der Waals surface area contributed by atoms with Crippen LogP contribution in [0.2, 0.25) is 0 Å². The smallest absolute Gasteiger partial charge is 0.250 e. The molecule has 0 unspecified atom stereocenters. The van der Waals surface area contributed by atoms with Crippen molar-refractivity contribution in [1.82, 2.24) is 30.1 Å². The molecule has 2 N–H and O–H groups in total. The summed E-state index contributed by atoms with van der Waals surface area (Å²) in [4.78, 5) is 81.8. The number of H-pyrrole nitrogens is 1. The van der Waals surface area contributed by atoms with Crippen LogP contribution in [0.1, 0.15) is 86.5 Å². The number of likely N-dealkylation sites (tertiary alicyclic amines) is 2. The summed E-state index contributed by atoms with van der Waals surface area (Å²) in [7, 11) is 0. The van der Waals surface area contributed by atoms with Gasteiger partial charge in [-0.1, -0.05) is 72.8 Å². The van der Waals surface area contributed by atoms with E-state index in [0.29, 0.717) is 37.0 Å². The third kappa shape index (κ3) is 8.48. The normalized spacial score (nSPS) is 17.5. The minimum Gasteiger partial charge on any atom is -0.436 e. The summed E-state index contributed by atoms with van der Waals surface area (Å²) in [5.41, 5.74) is 5.44. The van der Waals surface area contributed by atoms with Gasteiger partial charge in [0.2, 0.25) is 23.6 Å². The fourth-order valence-corrected chi connectivity index (χ4v) is 8.47. The van der Waals surface area contributed by atoms with E-state index in [1.807, 2.05) is 103 Å². The van der Waals surface area contributed by atoms with Crippen molar-refractivity contribution in [3.63, 3.8) is 0 Å². The van der Waals surface area contributed by atoms with Gasteiger partial charge in [-0.15, -0.1) is 0 Å². The van der Waals surface area contributed by atoms with E-state index in [1.54, 1.807) is 16.0 Å². The number of nitrogens with zero attached hydrogens (tertiary/aromatic N) is 4. The number of aromatic nitrogens is 3. The molecule has 59 heavy (non-hydrogen) atoms. The number of oxazole rings is 1. The maximum Gasteiger partial charge on any atom is 0.250 e. The van der Waals surface area contributed by atoms with Gasteiger partial charge < -0.3 is 24.5 Å². The van der Waals surface area contributed by atoms with Crippen LogP contribution in [0.4, 0.5) is 0 Å². The van der Waals surface area contributed by atoms with E-state index in [4.69, 9.17) is 9.40 Å². The number of imidazole rings is 1. The van der Waals surface area contributed by atoms with Gasteiger partial charge in [0, 0.05) is 44.0 Å². The van der Waals surface area contributed by atoms with Crippen LogP contribution in [-0.2, 0) is 30.4 Å². The lowest BCUT2D eigenvalue weighted by atomic mass is 9.92. The Labute approximate surface area is 342 Å². The maximum atomic E-state index is 13.9. The lowest BCUT2D eigenvalue weighted by Crippen LogP contribution is -2.43. The molecule has 300 valence electrons. The Balaban J connectivity index is 0.932. The number of nitrogens with one attached hydrogen (secondary N) is 2. The lowest BCUT2D eigenvalue weighted by Gasteiger charge is -2.28. The Hall–Kier alpha value is -6.69. The van der Waals surface area contributed by atoms with E-state index in [0.717, 1.165) is 58.1 Å². The van der Waals surface area contributed by atoms with Crippen molar-refractivity contribution >= 4 is 40.3 Å². The molecular weight excluding hydrogens is 745 g/mol. The van der Waals surface area contributed by atoms with E-state index >= 15 is 0 Å². The zero-order chi connectivity index (χ0) is 41.0. The molecule has 4 atom stereocenters. The fourth-order valence-electron chi connectivity index (χ4n) is 8.47. The molecule has 0 bridgehead atoms. The number of carbonyl (C=O) groups excluding carboxylic acids is 5. The highest BCUT2D eigenvalue weighted by molar-refractivity contribution is 5.95. The van der Waals surface area contributed by atoms with Gasteiger partial charge in [0.05, 0.1) is 35.2 Å². The molecule has 2 saturated heterocycles. The first-order valence-electron chi connectivity index (χ1n) is 20.2. The number of amides is 3. The summed E-state index contributed by atoms with van der Waals surface area (Å²) in [6.45, 7) is 3.96. The topological polar surface area (TPSA) is 159 Å².